The van der Waals surface area contributed by atoms with Crippen molar-refractivity contribution in [2.45, 2.75) is 0 Å². The molecular formula is CH3IO3S. The van der Waals surface area contributed by atoms with Crippen molar-refractivity contribution in [3.8, 4) is 0 Å². The first-order valence-electron chi connectivity index (χ1n) is 1.07. The highest BCUT2D eigenvalue weighted by Gasteiger charge is 1.95. The number of halogens is 1. The fraction of sp³-hybridized carbons (Fsp3) is 1.00. The van der Waals surface area contributed by atoms with E-state index in [0.29, 0.717) is 0 Å². The maximum atomic E-state index is 9.55. The molecule has 38 valence electrons. The van der Waals surface area contributed by atoms with Crippen molar-refractivity contribution in [1.82, 2.24) is 0 Å². The first kappa shape index (κ1) is 6.64. The summed E-state index contributed by atoms with van der Waals surface area (Å²) in [6, 6.07) is 0. The molecule has 0 aromatic carbocycles. The zero-order chi connectivity index (χ0) is 5.21. The van der Waals surface area contributed by atoms with E-state index in [4.69, 9.17) is 4.55 Å². The molecule has 1 N–H and O–H groups in total. The molecule has 0 fully saturated rings. The quantitative estimate of drug-likeness (QED) is 0.392. The number of hydrogen-bond donors (Lipinski definition) is 1. The van der Waals surface area contributed by atoms with Gasteiger partial charge < -0.3 is 0 Å². The minimum atomic E-state index is -3.68. The lowest BCUT2D eigenvalue weighted by atomic mass is 12.0. The van der Waals surface area contributed by atoms with Crippen LogP contribution in [0, 0.1) is 0 Å². The molecule has 0 saturated carbocycles. The summed E-state index contributed by atoms with van der Waals surface area (Å²) >= 11 is 1.56. The van der Waals surface area contributed by atoms with Gasteiger partial charge in [0.1, 0.15) is 3.76 Å². The molecule has 0 atom stereocenters. The van der Waals surface area contributed by atoms with E-state index in [0.717, 1.165) is 0 Å². The van der Waals surface area contributed by atoms with Crippen LogP contribution in [-0.2, 0) is 10.1 Å². The Labute approximate surface area is 49.6 Å². The van der Waals surface area contributed by atoms with Crippen LogP contribution in [0.4, 0.5) is 0 Å². The molecule has 0 spiro atoms. The molecule has 0 rings (SSSR count). The molecule has 3 nitrogen and oxygen atoms in total. The second kappa shape index (κ2) is 2.08. The van der Waals surface area contributed by atoms with Crippen LogP contribution in [0.1, 0.15) is 0 Å². The van der Waals surface area contributed by atoms with E-state index in [2.05, 4.69) is 0 Å². The van der Waals surface area contributed by atoms with Gasteiger partial charge in [0.15, 0.2) is 0 Å². The Morgan fingerprint density at radius 1 is 1.67 bits per heavy atom. The van der Waals surface area contributed by atoms with Crippen molar-refractivity contribution in [3.63, 3.8) is 0 Å². The minimum Gasteiger partial charge on any atom is -0.285 e. The summed E-state index contributed by atoms with van der Waals surface area (Å²) in [5.74, 6) is 0. The summed E-state index contributed by atoms with van der Waals surface area (Å²) in [5, 5.41) is 0. The van der Waals surface area contributed by atoms with Crippen molar-refractivity contribution in [2.24, 2.45) is 0 Å². The van der Waals surface area contributed by atoms with Crippen LogP contribution in [0.15, 0.2) is 0 Å². The predicted octanol–water partition coefficient (Wildman–Crippen LogP) is 0.267. The first-order chi connectivity index (χ1) is 2.56. The predicted molar refractivity (Wildman–Crippen MR) is 30.4 cm³/mol. The Morgan fingerprint density at radius 2 is 1.83 bits per heavy atom. The zero-order valence-corrected chi connectivity index (χ0v) is 5.73. The highest BCUT2D eigenvalue weighted by molar-refractivity contribution is 14.1. The van der Waals surface area contributed by atoms with Gasteiger partial charge in [-0.15, -0.1) is 0 Å². The van der Waals surface area contributed by atoms with Crippen molar-refractivity contribution >= 4 is 32.7 Å². The van der Waals surface area contributed by atoms with Gasteiger partial charge in [0.2, 0.25) is 0 Å². The monoisotopic (exact) mass is 220 g/mol. The molecule has 0 aromatic rings. The van der Waals surface area contributed by atoms with E-state index in [9.17, 15) is 8.42 Å². The van der Waals surface area contributed by atoms with Crippen LogP contribution in [0.2, 0.25) is 0 Å². The average Bonchev–Trinajstić information content (AvgIpc) is 1.35. The Bertz CT molecular complexity index is 113. The molecule has 0 aliphatic carbocycles. The molecule has 0 aliphatic rings. The maximum Gasteiger partial charge on any atom is 0.274 e. The highest BCUT2D eigenvalue weighted by atomic mass is 125. The molecule has 0 radical (unpaired) electrons. The topological polar surface area (TPSA) is 54.4 Å². The molecule has 0 bridgehead atoms. The molecule has 0 aromatic heterocycles. The third-order valence-electron chi connectivity index (χ3n) is 0.138. The van der Waals surface area contributed by atoms with Crippen molar-refractivity contribution in [1.29, 1.82) is 0 Å². The third kappa shape index (κ3) is 4.64. The second-order valence-electron chi connectivity index (χ2n) is 0.691. The Kier molecular flexibility index (Phi) is 2.30. The summed E-state index contributed by atoms with van der Waals surface area (Å²) in [6.07, 6.45) is 0. The SMILES string of the molecule is O=S(=O)(O)C[125I]. The Morgan fingerprint density at radius 3 is 1.83 bits per heavy atom. The van der Waals surface area contributed by atoms with Crippen LogP contribution in [0.5, 0.6) is 0 Å². The van der Waals surface area contributed by atoms with Gasteiger partial charge in [0.05, 0.1) is 0 Å². The van der Waals surface area contributed by atoms with Crippen LogP contribution >= 0.6 is 22.6 Å². The van der Waals surface area contributed by atoms with Crippen LogP contribution in [0.25, 0.3) is 0 Å². The smallest absolute Gasteiger partial charge is 0.274 e. The minimum absolute atomic E-state index is 0.231. The van der Waals surface area contributed by atoms with Gasteiger partial charge in [-0.25, -0.2) is 0 Å². The number of alkyl halides is 1. The largest absolute Gasteiger partial charge is 0.285 e. The molecule has 0 aliphatic heterocycles. The van der Waals surface area contributed by atoms with E-state index < -0.39 is 10.1 Å². The summed E-state index contributed by atoms with van der Waals surface area (Å²) in [7, 11) is -3.68. The number of hydrogen-bond acceptors (Lipinski definition) is 2. The highest BCUT2D eigenvalue weighted by Crippen LogP contribution is 1.87. The molecule has 6 heavy (non-hydrogen) atoms. The summed E-state index contributed by atoms with van der Waals surface area (Å²) in [5.41, 5.74) is 0. The normalized spacial score (nSPS) is 11.7. The van der Waals surface area contributed by atoms with Gasteiger partial charge >= 0.3 is 0 Å². The lowest BCUT2D eigenvalue weighted by Gasteiger charge is -1.78. The van der Waals surface area contributed by atoms with E-state index in [1.54, 1.807) is 22.6 Å². The zero-order valence-electron chi connectivity index (χ0n) is 2.76. The van der Waals surface area contributed by atoms with Crippen LogP contribution < -0.4 is 0 Å². The summed E-state index contributed by atoms with van der Waals surface area (Å²) < 4.78 is 26.7. The van der Waals surface area contributed by atoms with Crippen LogP contribution in [0.3, 0.4) is 0 Å². The molecular weight excluding hydrogens is 217 g/mol. The van der Waals surface area contributed by atoms with E-state index in [-0.39, 0.29) is 3.76 Å². The van der Waals surface area contributed by atoms with E-state index in [1.807, 2.05) is 0 Å². The fourth-order valence-corrected chi connectivity index (χ4v) is 0. The van der Waals surface area contributed by atoms with E-state index in [1.165, 1.54) is 0 Å². The van der Waals surface area contributed by atoms with Gasteiger partial charge in [0.25, 0.3) is 10.1 Å². The molecule has 0 unspecified atom stereocenters. The Balaban J connectivity index is 3.85. The summed E-state index contributed by atoms with van der Waals surface area (Å²) in [4.78, 5) is 0. The Hall–Kier alpha value is 0.640. The van der Waals surface area contributed by atoms with Gasteiger partial charge in [-0.1, -0.05) is 22.6 Å². The second-order valence-corrected chi connectivity index (χ2v) is 3.94. The van der Waals surface area contributed by atoms with Gasteiger partial charge in [-0.3, -0.25) is 4.55 Å². The molecule has 0 heterocycles. The molecule has 0 saturated heterocycles. The van der Waals surface area contributed by atoms with Crippen molar-refractivity contribution < 1.29 is 13.0 Å². The first-order valence-corrected chi connectivity index (χ1v) is 4.21. The lowest BCUT2D eigenvalue weighted by Crippen LogP contribution is -1.94. The number of rotatable bonds is 1. The molecule has 5 heteroatoms. The average molecular weight is 220 g/mol. The van der Waals surface area contributed by atoms with Gasteiger partial charge in [0, 0.05) is 0 Å². The third-order valence-corrected chi connectivity index (χ3v) is 2.77. The molecule has 0 amide bonds. The van der Waals surface area contributed by atoms with E-state index >= 15 is 0 Å². The summed E-state index contributed by atoms with van der Waals surface area (Å²) in [6.45, 7) is 0. The fourth-order valence-electron chi connectivity index (χ4n) is 0. The van der Waals surface area contributed by atoms with Crippen molar-refractivity contribution in [2.75, 3.05) is 3.76 Å². The lowest BCUT2D eigenvalue weighted by molar-refractivity contribution is 0.490. The maximum absolute atomic E-state index is 9.55. The van der Waals surface area contributed by atoms with Gasteiger partial charge in [-0.05, 0) is 0 Å². The van der Waals surface area contributed by atoms with Gasteiger partial charge in [-0.2, -0.15) is 8.42 Å². The van der Waals surface area contributed by atoms with Crippen LogP contribution in [-0.4, -0.2) is 16.7 Å². The standard InChI is InChI=1S/CH3IO3S/c2-1-6(3,4)5/h1H2,(H,3,4,5)/i2-2. The van der Waals surface area contributed by atoms with Crippen molar-refractivity contribution in [3.05, 3.63) is 0 Å².